The summed E-state index contributed by atoms with van der Waals surface area (Å²) in [5.74, 6) is -0.576. The number of hydrogen-bond donors (Lipinski definition) is 1. The Balaban J connectivity index is 1.71. The number of carbonyl (C=O) groups excluding carboxylic acids is 1. The third-order valence-electron chi connectivity index (χ3n) is 8.65. The molecule has 4 heteroatoms. The van der Waals surface area contributed by atoms with Gasteiger partial charge in [0.05, 0.1) is 0 Å². The summed E-state index contributed by atoms with van der Waals surface area (Å²) >= 11 is 0. The van der Waals surface area contributed by atoms with Gasteiger partial charge in [0.25, 0.3) is 0 Å². The van der Waals surface area contributed by atoms with Crippen molar-refractivity contribution < 1.29 is 19.1 Å². The summed E-state index contributed by atoms with van der Waals surface area (Å²) in [7, 11) is 0. The van der Waals surface area contributed by atoms with Gasteiger partial charge in [-0.3, -0.25) is 4.79 Å². The molecule has 3 saturated carbocycles. The first-order valence-corrected chi connectivity index (χ1v) is 10.1. The first-order chi connectivity index (χ1) is 12.2. The van der Waals surface area contributed by atoms with Gasteiger partial charge in [-0.1, -0.05) is 19.4 Å². The molecular weight excluding hydrogens is 331 g/mol. The SMILES string of the molecule is CC1=C2CC[C@@H]3[C@H](CC[C@]4(C)C(=C(F)C(=O)O)CC[C@@H]34)[C@@]2(C)CCC1=O. The molecule has 0 heterocycles. The van der Waals surface area contributed by atoms with E-state index in [1.165, 1.54) is 5.57 Å². The van der Waals surface area contributed by atoms with Gasteiger partial charge < -0.3 is 5.11 Å². The lowest BCUT2D eigenvalue weighted by Crippen LogP contribution is -2.50. The zero-order chi connectivity index (χ0) is 18.9. The van der Waals surface area contributed by atoms with E-state index in [0.717, 1.165) is 44.1 Å². The lowest BCUT2D eigenvalue weighted by Gasteiger charge is -2.58. The summed E-state index contributed by atoms with van der Waals surface area (Å²) < 4.78 is 14.3. The van der Waals surface area contributed by atoms with E-state index in [2.05, 4.69) is 13.8 Å². The second kappa shape index (κ2) is 5.77. The van der Waals surface area contributed by atoms with Crippen molar-refractivity contribution in [2.24, 2.45) is 28.6 Å². The standard InChI is InChI=1S/C22H29FO3/c1-12-14-5-4-13-15-6-7-17(19(23)20(25)26)22(15,3)10-8-16(13)21(14,2)11-9-18(12)24/h13,15-16H,4-11H2,1-3H3,(H,25,26)/t13-,15-,16-,21-,22-/m0/s1. The highest BCUT2D eigenvalue weighted by Gasteiger charge is 2.58. The average molecular weight is 360 g/mol. The number of allylic oxidation sites excluding steroid dienone is 2. The first-order valence-electron chi connectivity index (χ1n) is 10.1. The zero-order valence-corrected chi connectivity index (χ0v) is 16.0. The number of carbonyl (C=O) groups is 2. The van der Waals surface area contributed by atoms with E-state index in [9.17, 15) is 14.0 Å². The van der Waals surface area contributed by atoms with Crippen molar-refractivity contribution in [1.29, 1.82) is 0 Å². The molecule has 0 aliphatic heterocycles. The van der Waals surface area contributed by atoms with Gasteiger partial charge in [-0.05, 0) is 91.6 Å². The molecule has 0 amide bonds. The molecule has 3 nitrogen and oxygen atoms in total. The van der Waals surface area contributed by atoms with Gasteiger partial charge in [-0.25, -0.2) is 4.79 Å². The molecule has 0 aromatic heterocycles. The fraction of sp³-hybridized carbons (Fsp3) is 0.727. The minimum Gasteiger partial charge on any atom is -0.476 e. The zero-order valence-electron chi connectivity index (χ0n) is 16.0. The molecule has 5 atom stereocenters. The Bertz CT molecular complexity index is 748. The van der Waals surface area contributed by atoms with Gasteiger partial charge in [0.15, 0.2) is 5.78 Å². The monoisotopic (exact) mass is 360 g/mol. The molecule has 4 aliphatic carbocycles. The fourth-order valence-corrected chi connectivity index (χ4v) is 7.28. The summed E-state index contributed by atoms with van der Waals surface area (Å²) in [5.41, 5.74) is 2.72. The molecule has 0 spiro atoms. The van der Waals surface area contributed by atoms with Gasteiger partial charge in [0, 0.05) is 6.42 Å². The number of Topliss-reactive ketones (excluding diaryl/α,β-unsaturated/α-hetero) is 1. The molecule has 0 radical (unpaired) electrons. The van der Waals surface area contributed by atoms with E-state index < -0.39 is 11.8 Å². The first kappa shape index (κ1) is 17.9. The van der Waals surface area contributed by atoms with Gasteiger partial charge in [-0.2, -0.15) is 4.39 Å². The smallest absolute Gasteiger partial charge is 0.364 e. The van der Waals surface area contributed by atoms with Crippen molar-refractivity contribution in [3.8, 4) is 0 Å². The van der Waals surface area contributed by atoms with Crippen LogP contribution in [0.3, 0.4) is 0 Å². The number of carboxylic acid groups (broad SMARTS) is 1. The molecule has 3 fully saturated rings. The predicted molar refractivity (Wildman–Crippen MR) is 97.1 cm³/mol. The van der Waals surface area contributed by atoms with Crippen molar-refractivity contribution in [3.05, 3.63) is 22.5 Å². The maximum atomic E-state index is 14.3. The Kier molecular flexibility index (Phi) is 3.98. The molecule has 4 aliphatic rings. The van der Waals surface area contributed by atoms with Crippen LogP contribution >= 0.6 is 0 Å². The summed E-state index contributed by atoms with van der Waals surface area (Å²) in [6, 6.07) is 0. The molecule has 1 N–H and O–H groups in total. The maximum Gasteiger partial charge on any atom is 0.364 e. The molecule has 26 heavy (non-hydrogen) atoms. The third kappa shape index (κ3) is 2.23. The number of aliphatic carboxylic acids is 1. The van der Waals surface area contributed by atoms with Crippen LogP contribution in [0, 0.1) is 28.6 Å². The van der Waals surface area contributed by atoms with Crippen LogP contribution in [0.15, 0.2) is 22.5 Å². The van der Waals surface area contributed by atoms with E-state index in [-0.39, 0.29) is 10.8 Å². The van der Waals surface area contributed by atoms with E-state index in [1.807, 2.05) is 6.92 Å². The molecular formula is C22H29FO3. The molecule has 0 bridgehead atoms. The summed E-state index contributed by atoms with van der Waals surface area (Å²) in [5, 5.41) is 9.16. The fourth-order valence-electron chi connectivity index (χ4n) is 7.28. The van der Waals surface area contributed by atoms with Crippen LogP contribution in [0.1, 0.15) is 72.1 Å². The number of hydrogen-bond acceptors (Lipinski definition) is 2. The predicted octanol–water partition coefficient (Wildman–Crippen LogP) is 5.22. The number of ketones is 1. The second-order valence-corrected chi connectivity index (χ2v) is 9.45. The molecule has 0 aromatic carbocycles. The molecule has 0 saturated heterocycles. The number of halogens is 1. The van der Waals surface area contributed by atoms with Gasteiger partial charge in [0.2, 0.25) is 5.83 Å². The Hall–Kier alpha value is -1.45. The minimum atomic E-state index is -1.41. The lowest BCUT2D eigenvalue weighted by molar-refractivity contribution is -0.134. The summed E-state index contributed by atoms with van der Waals surface area (Å²) in [6.45, 7) is 6.45. The minimum absolute atomic E-state index is 0.0973. The highest BCUT2D eigenvalue weighted by Crippen LogP contribution is 2.67. The quantitative estimate of drug-likeness (QED) is 0.653. The van der Waals surface area contributed by atoms with E-state index in [0.29, 0.717) is 42.0 Å². The van der Waals surface area contributed by atoms with Crippen LogP contribution in [0.4, 0.5) is 4.39 Å². The normalized spacial score (nSPS) is 44.3. The van der Waals surface area contributed by atoms with Gasteiger partial charge >= 0.3 is 5.97 Å². The second-order valence-electron chi connectivity index (χ2n) is 9.45. The Morgan fingerprint density at radius 3 is 2.42 bits per heavy atom. The number of rotatable bonds is 1. The Morgan fingerprint density at radius 2 is 1.73 bits per heavy atom. The van der Waals surface area contributed by atoms with Crippen LogP contribution in [-0.2, 0) is 9.59 Å². The molecule has 0 unspecified atom stereocenters. The van der Waals surface area contributed by atoms with Crippen LogP contribution in [0.5, 0.6) is 0 Å². The summed E-state index contributed by atoms with van der Waals surface area (Å²) in [4.78, 5) is 23.4. The third-order valence-corrected chi connectivity index (χ3v) is 8.65. The Labute approximate surface area is 154 Å². The van der Waals surface area contributed by atoms with Crippen molar-refractivity contribution >= 4 is 11.8 Å². The maximum absolute atomic E-state index is 14.3. The Morgan fingerprint density at radius 1 is 1.04 bits per heavy atom. The average Bonchev–Trinajstić information content (AvgIpc) is 2.95. The van der Waals surface area contributed by atoms with Crippen molar-refractivity contribution in [3.63, 3.8) is 0 Å². The molecule has 142 valence electrons. The van der Waals surface area contributed by atoms with Gasteiger partial charge in [-0.15, -0.1) is 0 Å². The topological polar surface area (TPSA) is 54.4 Å². The molecule has 0 aromatic rings. The highest BCUT2D eigenvalue weighted by atomic mass is 19.1. The largest absolute Gasteiger partial charge is 0.476 e. The van der Waals surface area contributed by atoms with Gasteiger partial charge in [0.1, 0.15) is 0 Å². The van der Waals surface area contributed by atoms with Crippen LogP contribution in [-0.4, -0.2) is 16.9 Å². The lowest BCUT2D eigenvalue weighted by atomic mass is 9.46. The van der Waals surface area contributed by atoms with E-state index in [4.69, 9.17) is 5.11 Å². The van der Waals surface area contributed by atoms with Crippen LogP contribution < -0.4 is 0 Å². The van der Waals surface area contributed by atoms with Crippen LogP contribution in [0.25, 0.3) is 0 Å². The highest BCUT2D eigenvalue weighted by molar-refractivity contribution is 5.96. The summed E-state index contributed by atoms with van der Waals surface area (Å²) in [6.07, 6.45) is 6.98. The van der Waals surface area contributed by atoms with Crippen molar-refractivity contribution in [2.45, 2.75) is 72.1 Å². The van der Waals surface area contributed by atoms with Crippen molar-refractivity contribution in [2.75, 3.05) is 0 Å². The van der Waals surface area contributed by atoms with Crippen molar-refractivity contribution in [1.82, 2.24) is 0 Å². The van der Waals surface area contributed by atoms with E-state index in [1.54, 1.807) is 0 Å². The van der Waals surface area contributed by atoms with Crippen LogP contribution in [0.2, 0.25) is 0 Å². The number of fused-ring (bicyclic) bond motifs is 5. The number of carboxylic acids is 1. The molecule has 4 rings (SSSR count). The van der Waals surface area contributed by atoms with E-state index >= 15 is 0 Å².